The second kappa shape index (κ2) is 8.90. The molecule has 1 saturated carbocycles. The van der Waals surface area contributed by atoms with Gasteiger partial charge in [0.2, 0.25) is 0 Å². The van der Waals surface area contributed by atoms with Gasteiger partial charge in [0, 0.05) is 0 Å². The molecule has 5 rings (SSSR count). The molecule has 0 spiro atoms. The molecule has 2 bridgehead atoms. The van der Waals surface area contributed by atoms with Gasteiger partial charge >= 0.3 is 198 Å². The Kier molecular flexibility index (Phi) is 6.11. The van der Waals surface area contributed by atoms with E-state index in [1.165, 1.54) is 6.42 Å². The zero-order chi connectivity index (χ0) is 23.2. The number of likely N-dealkylation sites (N-methyl/N-ethyl adjacent to an activating group) is 1. The Morgan fingerprint density at radius 2 is 2.00 bits per heavy atom. The SMILES string of the molecule is CN1[C@H]2CC[C@@H]1[C@H](Nc1cccn3c([Se]C(F)(F)F)c(C#CCNC(=O)C4CC4)cc13)CC2. The van der Waals surface area contributed by atoms with Gasteiger partial charge in [-0.3, -0.25) is 0 Å². The zero-order valence-electron chi connectivity index (χ0n) is 18.4. The normalized spacial score (nSPS) is 25.0. The van der Waals surface area contributed by atoms with Crippen LogP contribution in [0.3, 0.4) is 0 Å². The van der Waals surface area contributed by atoms with Crippen molar-refractivity contribution in [3.8, 4) is 11.8 Å². The van der Waals surface area contributed by atoms with E-state index >= 15 is 0 Å². The van der Waals surface area contributed by atoms with Crippen LogP contribution in [-0.4, -0.2) is 67.0 Å². The molecule has 0 aromatic carbocycles. The third-order valence-electron chi connectivity index (χ3n) is 7.01. The molecule has 1 aliphatic carbocycles. The molecule has 4 heterocycles. The topological polar surface area (TPSA) is 48.8 Å². The third kappa shape index (κ3) is 4.89. The van der Waals surface area contributed by atoms with E-state index in [1.807, 2.05) is 6.07 Å². The molecule has 3 fully saturated rings. The van der Waals surface area contributed by atoms with E-state index in [0.717, 1.165) is 37.8 Å². The monoisotopic (exact) mass is 524 g/mol. The average Bonchev–Trinajstić information content (AvgIpc) is 3.51. The molecule has 5 nitrogen and oxygen atoms in total. The van der Waals surface area contributed by atoms with Crippen molar-refractivity contribution in [1.82, 2.24) is 14.6 Å². The molecule has 1 amide bonds. The number of anilines is 1. The molecule has 2 aromatic rings. The zero-order valence-corrected chi connectivity index (χ0v) is 20.1. The first-order chi connectivity index (χ1) is 15.8. The maximum absolute atomic E-state index is 13.4. The molecule has 2 N–H and O–H groups in total. The first-order valence-electron chi connectivity index (χ1n) is 11.4. The molecule has 0 unspecified atom stereocenters. The predicted molar refractivity (Wildman–Crippen MR) is 123 cm³/mol. The Bertz CT molecular complexity index is 1110. The van der Waals surface area contributed by atoms with Gasteiger partial charge in [-0.2, -0.15) is 0 Å². The summed E-state index contributed by atoms with van der Waals surface area (Å²) in [4.78, 5) is 14.2. The van der Waals surface area contributed by atoms with Gasteiger partial charge in [-0.05, 0) is 0 Å². The number of nitrogens with zero attached hydrogens (tertiary/aromatic N) is 2. The minimum atomic E-state index is -4.29. The number of carbonyl (C=O) groups excluding carboxylic acids is 1. The Balaban J connectivity index is 1.42. The van der Waals surface area contributed by atoms with E-state index in [2.05, 4.69) is 34.4 Å². The molecule has 3 atom stereocenters. The van der Waals surface area contributed by atoms with Crippen LogP contribution < -0.4 is 15.2 Å². The van der Waals surface area contributed by atoms with Crippen LogP contribution in [0.15, 0.2) is 24.4 Å². The number of halogens is 3. The Morgan fingerprint density at radius 3 is 2.76 bits per heavy atom. The Labute approximate surface area is 197 Å². The van der Waals surface area contributed by atoms with Gasteiger partial charge in [-0.25, -0.2) is 0 Å². The number of fused-ring (bicyclic) bond motifs is 3. The number of pyridine rings is 1. The summed E-state index contributed by atoms with van der Waals surface area (Å²) in [5.74, 6) is 5.80. The summed E-state index contributed by atoms with van der Waals surface area (Å²) in [6, 6.07) is 6.87. The number of hydrogen-bond donors (Lipinski definition) is 2. The van der Waals surface area contributed by atoms with Gasteiger partial charge in [0.1, 0.15) is 0 Å². The van der Waals surface area contributed by atoms with Crippen molar-refractivity contribution in [2.75, 3.05) is 18.9 Å². The van der Waals surface area contributed by atoms with Crippen LogP contribution in [0.1, 0.15) is 44.1 Å². The first kappa shape index (κ1) is 22.6. The fourth-order valence-electron chi connectivity index (χ4n) is 5.17. The maximum atomic E-state index is 13.4. The number of nitrogens with one attached hydrogen (secondary N) is 2. The summed E-state index contributed by atoms with van der Waals surface area (Å²) in [5, 5.41) is 2.11. The van der Waals surface area contributed by atoms with Gasteiger partial charge in [0.25, 0.3) is 0 Å². The van der Waals surface area contributed by atoms with Gasteiger partial charge in [0.15, 0.2) is 0 Å². The van der Waals surface area contributed by atoms with Crippen LogP contribution in [0.25, 0.3) is 5.52 Å². The quantitative estimate of drug-likeness (QED) is 0.468. The molecular weight excluding hydrogens is 496 g/mol. The van der Waals surface area contributed by atoms with Crippen molar-refractivity contribution in [3.05, 3.63) is 30.0 Å². The first-order valence-corrected chi connectivity index (χ1v) is 13.2. The predicted octanol–water partition coefficient (Wildman–Crippen LogP) is 2.70. The molecule has 176 valence electrons. The van der Waals surface area contributed by atoms with Crippen molar-refractivity contribution in [1.29, 1.82) is 0 Å². The number of alkyl halides is 3. The number of amides is 1. The summed E-state index contributed by atoms with van der Waals surface area (Å²) in [5.41, 5.74) is 1.94. The van der Waals surface area contributed by atoms with Gasteiger partial charge in [-0.1, -0.05) is 0 Å². The van der Waals surface area contributed by atoms with Crippen LogP contribution in [-0.2, 0) is 4.79 Å². The Morgan fingerprint density at radius 1 is 1.21 bits per heavy atom. The summed E-state index contributed by atoms with van der Waals surface area (Å²) in [7, 11) is 2.17. The number of rotatable bonds is 5. The second-order valence-corrected chi connectivity index (χ2v) is 11.4. The summed E-state index contributed by atoms with van der Waals surface area (Å²) in [6.07, 6.45) is 8.04. The van der Waals surface area contributed by atoms with Crippen LogP contribution in [0.5, 0.6) is 0 Å². The molecule has 2 aromatic heterocycles. The van der Waals surface area contributed by atoms with Crippen LogP contribution in [0.4, 0.5) is 18.9 Å². The third-order valence-corrected chi connectivity index (χ3v) is 8.77. The van der Waals surface area contributed by atoms with Gasteiger partial charge in [0.05, 0.1) is 0 Å². The fraction of sp³-hybridized carbons (Fsp3) is 0.542. The standard InChI is InChI=1S/C24H27F3N4OSe/c1-30-17-8-10-19(20(30)11-9-17)29-18-5-3-13-31-21(18)14-16(23(31)33-24(25,26)27)4-2-12-28-22(32)15-6-7-15/h3,5,13-15,17,19-20,29H,6-12H2,1H3,(H,28,32)/t17-,19-,20-/m1/s1. The van der Waals surface area contributed by atoms with E-state index in [4.69, 9.17) is 0 Å². The second-order valence-electron chi connectivity index (χ2n) is 9.17. The van der Waals surface area contributed by atoms with Crippen LogP contribution in [0.2, 0.25) is 0 Å². The molecule has 9 heteroatoms. The minimum absolute atomic E-state index is 0.0239. The molecular formula is C24H27F3N4OSe. The van der Waals surface area contributed by atoms with E-state index in [9.17, 15) is 18.0 Å². The summed E-state index contributed by atoms with van der Waals surface area (Å²) < 4.78 is 42.1. The summed E-state index contributed by atoms with van der Waals surface area (Å²) >= 11 is -1.73. The molecule has 2 saturated heterocycles. The number of carbonyl (C=O) groups is 1. The van der Waals surface area contributed by atoms with E-state index in [0.29, 0.717) is 23.2 Å². The van der Waals surface area contributed by atoms with Crippen LogP contribution >= 0.6 is 0 Å². The van der Waals surface area contributed by atoms with Crippen molar-refractivity contribution in [3.63, 3.8) is 0 Å². The van der Waals surface area contributed by atoms with E-state index < -0.39 is 20.0 Å². The van der Waals surface area contributed by atoms with Crippen LogP contribution in [0, 0.1) is 17.8 Å². The number of aromatic nitrogens is 1. The molecule has 0 radical (unpaired) electrons. The van der Waals surface area contributed by atoms with Gasteiger partial charge < -0.3 is 0 Å². The molecule has 3 aliphatic rings. The number of hydrogen-bond acceptors (Lipinski definition) is 3. The Hall–Kier alpha value is -2.14. The number of piperidine rings is 1. The van der Waals surface area contributed by atoms with Crippen molar-refractivity contribution in [2.24, 2.45) is 5.92 Å². The molecule has 33 heavy (non-hydrogen) atoms. The van der Waals surface area contributed by atoms with Crippen molar-refractivity contribution < 1.29 is 18.0 Å². The van der Waals surface area contributed by atoms with E-state index in [-0.39, 0.29) is 29.0 Å². The van der Waals surface area contributed by atoms with Crippen molar-refractivity contribution in [2.45, 2.75) is 61.7 Å². The molecule has 2 aliphatic heterocycles. The van der Waals surface area contributed by atoms with E-state index in [1.54, 1.807) is 22.7 Å². The average molecular weight is 523 g/mol. The fourth-order valence-corrected chi connectivity index (χ4v) is 6.63. The van der Waals surface area contributed by atoms with Gasteiger partial charge in [-0.15, -0.1) is 0 Å². The summed E-state index contributed by atoms with van der Waals surface area (Å²) in [6.45, 7) is 0.141. The van der Waals surface area contributed by atoms with Crippen molar-refractivity contribution >= 4 is 36.7 Å².